The van der Waals surface area contributed by atoms with Gasteiger partial charge in [-0.2, -0.15) is 0 Å². The van der Waals surface area contributed by atoms with Gasteiger partial charge in [0.15, 0.2) is 12.4 Å². The first-order valence-corrected chi connectivity index (χ1v) is 32.1. The van der Waals surface area contributed by atoms with Crippen molar-refractivity contribution < 1.29 is 42.9 Å². The normalized spacial score (nSPS) is 13.2. The van der Waals surface area contributed by atoms with Gasteiger partial charge in [0.2, 0.25) is 0 Å². The standard InChI is InChI=1S/C68H121NO8/c1-6-8-10-12-14-16-18-20-22-24-26-27-28-29-30-31-32-33-34-35-36-37-38-39-41-43-45-47-49-51-53-55-57-59-66(71)77-64(63-76-68(67(72)73)74-61-60-69(3,4)5)62-75-65(70)58-56-54-52-50-48-46-44-42-40-25-23-21-19-17-15-13-11-9-7-2/h8,10,14,16,20-23,26-27,29-30,64,68H,6-7,9,11-13,15,17-19,24-25,28,31-63H2,1-5H3/b10-8-,16-14-,22-20-,23-21-,27-26-,30-29-. The summed E-state index contributed by atoms with van der Waals surface area (Å²) in [5.74, 6) is -2.27. The third-order valence-electron chi connectivity index (χ3n) is 13.9. The Kier molecular flexibility index (Phi) is 56.4. The van der Waals surface area contributed by atoms with Crippen molar-refractivity contribution in [2.24, 2.45) is 0 Å². The van der Waals surface area contributed by atoms with Crippen LogP contribution < -0.4 is 5.11 Å². The smallest absolute Gasteiger partial charge is 0.306 e. The number of hydrogen-bond donors (Lipinski definition) is 0. The van der Waals surface area contributed by atoms with Crippen LogP contribution in [-0.4, -0.2) is 82.3 Å². The fourth-order valence-corrected chi connectivity index (χ4v) is 9.03. The molecule has 446 valence electrons. The van der Waals surface area contributed by atoms with Crippen LogP contribution in [0, 0.1) is 0 Å². The van der Waals surface area contributed by atoms with Crippen LogP contribution in [0.3, 0.4) is 0 Å². The third-order valence-corrected chi connectivity index (χ3v) is 13.9. The number of aliphatic carboxylic acids is 1. The zero-order valence-corrected chi connectivity index (χ0v) is 50.8. The van der Waals surface area contributed by atoms with E-state index in [1.54, 1.807) is 0 Å². The Morgan fingerprint density at radius 3 is 1.12 bits per heavy atom. The summed E-state index contributed by atoms with van der Waals surface area (Å²) in [5.41, 5.74) is 0. The van der Waals surface area contributed by atoms with Crippen molar-refractivity contribution in [2.75, 3.05) is 47.5 Å². The number of allylic oxidation sites excluding steroid dienone is 12. The molecule has 0 aromatic rings. The van der Waals surface area contributed by atoms with Gasteiger partial charge < -0.3 is 33.3 Å². The molecule has 9 heteroatoms. The number of likely N-dealkylation sites (N-methyl/N-ethyl adjacent to an activating group) is 1. The Bertz CT molecular complexity index is 1490. The van der Waals surface area contributed by atoms with Crippen molar-refractivity contribution >= 4 is 17.9 Å². The molecule has 2 atom stereocenters. The molecule has 9 nitrogen and oxygen atoms in total. The number of ether oxygens (including phenoxy) is 4. The van der Waals surface area contributed by atoms with Gasteiger partial charge in [-0.25, -0.2) is 0 Å². The van der Waals surface area contributed by atoms with Crippen LogP contribution in [0.1, 0.15) is 284 Å². The first-order valence-electron chi connectivity index (χ1n) is 32.1. The summed E-state index contributed by atoms with van der Waals surface area (Å²) in [5, 5.41) is 11.8. The molecule has 0 saturated heterocycles. The fraction of sp³-hybridized carbons (Fsp3) is 0.779. The summed E-state index contributed by atoms with van der Waals surface area (Å²) in [6.45, 7) is 4.66. The van der Waals surface area contributed by atoms with E-state index in [-0.39, 0.29) is 32.2 Å². The third kappa shape index (κ3) is 60.2. The minimum absolute atomic E-state index is 0.147. The summed E-state index contributed by atoms with van der Waals surface area (Å²) >= 11 is 0. The molecule has 0 aliphatic carbocycles. The second-order valence-corrected chi connectivity index (χ2v) is 22.7. The number of quaternary nitrogens is 1. The molecule has 0 spiro atoms. The van der Waals surface area contributed by atoms with Gasteiger partial charge in [-0.15, -0.1) is 0 Å². The second kappa shape index (κ2) is 58.9. The van der Waals surface area contributed by atoms with Crippen LogP contribution in [0.15, 0.2) is 72.9 Å². The molecule has 0 fully saturated rings. The van der Waals surface area contributed by atoms with E-state index in [0.29, 0.717) is 23.9 Å². The highest BCUT2D eigenvalue weighted by Gasteiger charge is 2.22. The highest BCUT2D eigenvalue weighted by molar-refractivity contribution is 5.70. The van der Waals surface area contributed by atoms with E-state index in [1.807, 2.05) is 21.1 Å². The van der Waals surface area contributed by atoms with E-state index in [1.165, 1.54) is 186 Å². The number of carboxylic acid groups (broad SMARTS) is 1. The molecule has 0 heterocycles. The predicted octanol–water partition coefficient (Wildman–Crippen LogP) is 18.0. The average molecular weight is 1080 g/mol. The number of carbonyl (C=O) groups excluding carboxylic acids is 3. The van der Waals surface area contributed by atoms with Crippen LogP contribution in [0.5, 0.6) is 0 Å². The van der Waals surface area contributed by atoms with Crippen LogP contribution in [-0.2, 0) is 33.3 Å². The lowest BCUT2D eigenvalue weighted by molar-refractivity contribution is -0.870. The fourth-order valence-electron chi connectivity index (χ4n) is 9.03. The minimum Gasteiger partial charge on any atom is -0.545 e. The van der Waals surface area contributed by atoms with E-state index < -0.39 is 24.3 Å². The van der Waals surface area contributed by atoms with Crippen LogP contribution in [0.25, 0.3) is 0 Å². The zero-order chi connectivity index (χ0) is 56.2. The van der Waals surface area contributed by atoms with Crippen molar-refractivity contribution in [3.63, 3.8) is 0 Å². The molecule has 77 heavy (non-hydrogen) atoms. The van der Waals surface area contributed by atoms with Gasteiger partial charge in [-0.1, -0.05) is 260 Å². The number of unbranched alkanes of at least 4 members (excludes halogenated alkanes) is 32. The van der Waals surface area contributed by atoms with Crippen LogP contribution in [0.2, 0.25) is 0 Å². The quantitative estimate of drug-likeness (QED) is 0.0195. The number of carbonyl (C=O) groups is 3. The molecular weight excluding hydrogens is 959 g/mol. The van der Waals surface area contributed by atoms with E-state index in [2.05, 4.69) is 86.8 Å². The molecule has 0 saturated carbocycles. The molecule has 0 aromatic heterocycles. The number of rotatable bonds is 59. The summed E-state index contributed by atoms with van der Waals surface area (Å²) in [7, 11) is 5.93. The molecule has 0 amide bonds. The largest absolute Gasteiger partial charge is 0.545 e. The van der Waals surface area contributed by atoms with Crippen molar-refractivity contribution in [3.05, 3.63) is 72.9 Å². The van der Waals surface area contributed by atoms with Crippen molar-refractivity contribution in [2.45, 2.75) is 296 Å². The topological polar surface area (TPSA) is 111 Å². The molecule has 0 rings (SSSR count). The maximum atomic E-state index is 12.9. The molecule has 2 unspecified atom stereocenters. The monoisotopic (exact) mass is 1080 g/mol. The molecule has 0 aliphatic rings. The Hall–Kier alpha value is -3.27. The van der Waals surface area contributed by atoms with Gasteiger partial charge >= 0.3 is 11.9 Å². The first kappa shape index (κ1) is 73.7. The van der Waals surface area contributed by atoms with Gasteiger partial charge in [0.1, 0.15) is 13.2 Å². The van der Waals surface area contributed by atoms with Crippen LogP contribution >= 0.6 is 0 Å². The van der Waals surface area contributed by atoms with Gasteiger partial charge in [0, 0.05) is 12.8 Å². The molecule has 0 aliphatic heterocycles. The maximum Gasteiger partial charge on any atom is 0.306 e. The van der Waals surface area contributed by atoms with Gasteiger partial charge in [0.05, 0.1) is 40.3 Å². The Morgan fingerprint density at radius 1 is 0.403 bits per heavy atom. The second-order valence-electron chi connectivity index (χ2n) is 22.7. The van der Waals surface area contributed by atoms with Crippen LogP contribution in [0.4, 0.5) is 0 Å². The molecule has 0 bridgehead atoms. The van der Waals surface area contributed by atoms with E-state index in [4.69, 9.17) is 18.9 Å². The highest BCUT2D eigenvalue weighted by atomic mass is 16.7. The van der Waals surface area contributed by atoms with Gasteiger partial charge in [-0.3, -0.25) is 9.59 Å². The number of hydrogen-bond acceptors (Lipinski definition) is 8. The van der Waals surface area contributed by atoms with E-state index >= 15 is 0 Å². The summed E-state index contributed by atoms with van der Waals surface area (Å²) < 4.78 is 22.8. The minimum atomic E-state index is -1.62. The lowest BCUT2D eigenvalue weighted by Crippen LogP contribution is -2.44. The average Bonchev–Trinajstić information content (AvgIpc) is 3.40. The molecule has 0 aromatic carbocycles. The Morgan fingerprint density at radius 2 is 0.740 bits per heavy atom. The number of esters is 2. The first-order chi connectivity index (χ1) is 37.6. The maximum absolute atomic E-state index is 12.9. The summed E-state index contributed by atoms with van der Waals surface area (Å²) in [6.07, 6.45) is 73.9. The lowest BCUT2D eigenvalue weighted by atomic mass is 10.0. The lowest BCUT2D eigenvalue weighted by Gasteiger charge is -2.26. The highest BCUT2D eigenvalue weighted by Crippen LogP contribution is 2.17. The molecule has 0 N–H and O–H groups in total. The number of carboxylic acids is 1. The van der Waals surface area contributed by atoms with E-state index in [0.717, 1.165) is 64.2 Å². The predicted molar refractivity (Wildman–Crippen MR) is 325 cm³/mol. The Balaban J connectivity index is 4.11. The van der Waals surface area contributed by atoms with Gasteiger partial charge in [-0.05, 0) is 83.5 Å². The summed E-state index contributed by atoms with van der Waals surface area (Å²) in [4.78, 5) is 37.4. The van der Waals surface area contributed by atoms with Gasteiger partial charge in [0.25, 0.3) is 0 Å². The van der Waals surface area contributed by atoms with Crippen molar-refractivity contribution in [3.8, 4) is 0 Å². The molecule has 0 radical (unpaired) electrons. The zero-order valence-electron chi connectivity index (χ0n) is 50.8. The Labute approximate surface area is 475 Å². The SMILES string of the molecule is CC/C=C\C/C=C\C/C=C\C/C=C\C/C=C\CCCCCCCCCCCCCCCCCCCC(=O)OC(COC(=O)CCCCCCCCCCC/C=C\CCCCCCCC)COC(OCC[N+](C)(C)C)C(=O)[O-]. The van der Waals surface area contributed by atoms with Crippen molar-refractivity contribution in [1.82, 2.24) is 0 Å². The van der Waals surface area contributed by atoms with Crippen molar-refractivity contribution in [1.29, 1.82) is 0 Å². The van der Waals surface area contributed by atoms with E-state index in [9.17, 15) is 19.5 Å². The number of nitrogens with zero attached hydrogens (tertiary/aromatic N) is 1. The summed E-state index contributed by atoms with van der Waals surface area (Å²) in [6, 6.07) is 0. The molecular formula is C68H121NO8.